The molecule has 0 spiro atoms. The second-order valence-corrected chi connectivity index (χ2v) is 10.2. The van der Waals surface area contributed by atoms with Crippen LogP contribution < -0.4 is 4.90 Å². The van der Waals surface area contributed by atoms with Crippen molar-refractivity contribution in [1.82, 2.24) is 4.90 Å². The van der Waals surface area contributed by atoms with Crippen molar-refractivity contribution in [1.29, 1.82) is 5.26 Å². The maximum Gasteiger partial charge on any atom is 0.254 e. The highest BCUT2D eigenvalue weighted by Crippen LogP contribution is 2.30. The minimum Gasteiger partial charge on any atom is -0.367 e. The Morgan fingerprint density at radius 2 is 1.81 bits per heavy atom. The third-order valence-corrected chi connectivity index (χ3v) is 7.21. The molecule has 0 aliphatic carbocycles. The summed E-state index contributed by atoms with van der Waals surface area (Å²) in [5.41, 5.74) is 3.51. The third kappa shape index (κ3) is 4.33. The largest absolute Gasteiger partial charge is 0.367 e. The van der Waals surface area contributed by atoms with Crippen molar-refractivity contribution in [3.05, 3.63) is 70.4 Å². The standard InChI is InChI=1S/C23H21N3O3S2/c1-31(28,29)19-6-7-20(18-8-13-30-16-18)21(14-19)23(27)26-11-9-25(10-12-26)22-5-3-2-4-17(22)15-24/h2-8,13-14,16H,9-12H2,1H3. The lowest BCUT2D eigenvalue weighted by molar-refractivity contribution is 0.0747. The van der Waals surface area contributed by atoms with Crippen molar-refractivity contribution in [3.63, 3.8) is 0 Å². The van der Waals surface area contributed by atoms with Gasteiger partial charge in [0.1, 0.15) is 6.07 Å². The van der Waals surface area contributed by atoms with Gasteiger partial charge in [0, 0.05) is 38.0 Å². The summed E-state index contributed by atoms with van der Waals surface area (Å²) < 4.78 is 24.2. The normalized spacial score (nSPS) is 14.3. The van der Waals surface area contributed by atoms with E-state index in [2.05, 4.69) is 11.0 Å². The number of benzene rings is 2. The zero-order valence-electron chi connectivity index (χ0n) is 17.0. The number of thiophene rings is 1. The van der Waals surface area contributed by atoms with Crippen molar-refractivity contribution in [2.45, 2.75) is 4.90 Å². The molecule has 1 aliphatic rings. The van der Waals surface area contributed by atoms with Gasteiger partial charge in [0.2, 0.25) is 0 Å². The number of anilines is 1. The molecule has 6 nitrogen and oxygen atoms in total. The highest BCUT2D eigenvalue weighted by Gasteiger charge is 2.26. The third-order valence-electron chi connectivity index (χ3n) is 5.41. The van der Waals surface area contributed by atoms with E-state index in [1.807, 2.05) is 35.0 Å². The van der Waals surface area contributed by atoms with Crippen molar-refractivity contribution in [3.8, 4) is 17.2 Å². The number of piperazine rings is 1. The molecular formula is C23H21N3O3S2. The average molecular weight is 452 g/mol. The molecule has 4 rings (SSSR count). The van der Waals surface area contributed by atoms with Crippen LogP contribution in [-0.2, 0) is 9.84 Å². The van der Waals surface area contributed by atoms with Crippen LogP contribution in [0.15, 0.2) is 64.2 Å². The van der Waals surface area contributed by atoms with Crippen LogP contribution in [0, 0.1) is 11.3 Å². The van der Waals surface area contributed by atoms with Crippen LogP contribution in [0.5, 0.6) is 0 Å². The Morgan fingerprint density at radius 3 is 2.45 bits per heavy atom. The van der Waals surface area contributed by atoms with Gasteiger partial charge >= 0.3 is 0 Å². The van der Waals surface area contributed by atoms with Gasteiger partial charge in [0.05, 0.1) is 16.1 Å². The molecule has 1 amide bonds. The molecule has 0 saturated carbocycles. The first-order valence-corrected chi connectivity index (χ1v) is 12.6. The van der Waals surface area contributed by atoms with Gasteiger partial charge in [0.15, 0.2) is 9.84 Å². The first-order valence-electron chi connectivity index (χ1n) is 9.78. The highest BCUT2D eigenvalue weighted by molar-refractivity contribution is 7.90. The van der Waals surface area contributed by atoms with Crippen LogP contribution in [-0.4, -0.2) is 51.7 Å². The number of carbonyl (C=O) groups is 1. The second kappa shape index (κ2) is 8.53. The van der Waals surface area contributed by atoms with E-state index in [4.69, 9.17) is 0 Å². The second-order valence-electron chi connectivity index (χ2n) is 7.40. The van der Waals surface area contributed by atoms with Gasteiger partial charge in [-0.15, -0.1) is 0 Å². The zero-order chi connectivity index (χ0) is 22.0. The van der Waals surface area contributed by atoms with Crippen molar-refractivity contribution >= 4 is 32.8 Å². The predicted molar refractivity (Wildman–Crippen MR) is 122 cm³/mol. The Hall–Kier alpha value is -3.15. The van der Waals surface area contributed by atoms with Crippen molar-refractivity contribution in [2.24, 2.45) is 0 Å². The minimum atomic E-state index is -3.43. The molecule has 1 fully saturated rings. The van der Waals surface area contributed by atoms with E-state index >= 15 is 0 Å². The van der Waals surface area contributed by atoms with Crippen molar-refractivity contribution in [2.75, 3.05) is 37.3 Å². The van der Waals surface area contributed by atoms with E-state index in [1.165, 1.54) is 17.4 Å². The maximum absolute atomic E-state index is 13.4. The highest BCUT2D eigenvalue weighted by atomic mass is 32.2. The summed E-state index contributed by atoms with van der Waals surface area (Å²) in [6.07, 6.45) is 1.15. The van der Waals surface area contributed by atoms with Crippen LogP contribution in [0.25, 0.3) is 11.1 Å². The van der Waals surface area contributed by atoms with Gasteiger partial charge in [-0.1, -0.05) is 18.2 Å². The Bertz CT molecular complexity index is 1250. The first kappa shape index (κ1) is 21.1. The fourth-order valence-corrected chi connectivity index (χ4v) is 5.07. The Kier molecular flexibility index (Phi) is 5.81. The fourth-order valence-electron chi connectivity index (χ4n) is 3.77. The van der Waals surface area contributed by atoms with Gasteiger partial charge < -0.3 is 9.80 Å². The predicted octanol–water partition coefficient (Wildman–Crippen LogP) is 3.65. The first-order chi connectivity index (χ1) is 14.9. The molecule has 2 heterocycles. The summed E-state index contributed by atoms with van der Waals surface area (Å²) in [6, 6.07) is 16.3. The summed E-state index contributed by atoms with van der Waals surface area (Å²) in [5, 5.41) is 13.2. The van der Waals surface area contributed by atoms with Crippen molar-refractivity contribution < 1.29 is 13.2 Å². The van der Waals surface area contributed by atoms with Gasteiger partial charge in [-0.05, 0) is 52.2 Å². The van der Waals surface area contributed by atoms with E-state index in [0.29, 0.717) is 37.3 Å². The molecule has 1 saturated heterocycles. The van der Waals surface area contributed by atoms with Gasteiger partial charge in [-0.2, -0.15) is 16.6 Å². The molecule has 2 aromatic carbocycles. The molecule has 1 aliphatic heterocycles. The number of nitriles is 1. The number of carbonyl (C=O) groups excluding carboxylic acids is 1. The topological polar surface area (TPSA) is 81.5 Å². The zero-order valence-corrected chi connectivity index (χ0v) is 18.6. The van der Waals surface area contributed by atoms with Crippen LogP contribution in [0.1, 0.15) is 15.9 Å². The van der Waals surface area contributed by atoms with Crippen LogP contribution in [0.3, 0.4) is 0 Å². The smallest absolute Gasteiger partial charge is 0.254 e. The lowest BCUT2D eigenvalue weighted by atomic mass is 10.0. The van der Waals surface area contributed by atoms with E-state index in [1.54, 1.807) is 23.1 Å². The van der Waals surface area contributed by atoms with E-state index < -0.39 is 9.84 Å². The van der Waals surface area contributed by atoms with Crippen LogP contribution in [0.2, 0.25) is 0 Å². The molecule has 31 heavy (non-hydrogen) atoms. The van der Waals surface area contributed by atoms with Crippen LogP contribution >= 0.6 is 11.3 Å². The van der Waals surface area contributed by atoms with Gasteiger partial charge in [-0.3, -0.25) is 4.79 Å². The molecule has 0 bridgehead atoms. The summed E-state index contributed by atoms with van der Waals surface area (Å²) >= 11 is 1.53. The molecular weight excluding hydrogens is 430 g/mol. The Labute approximate surface area is 185 Å². The number of hydrogen-bond acceptors (Lipinski definition) is 6. The summed E-state index contributed by atoms with van der Waals surface area (Å²) in [6.45, 7) is 2.18. The maximum atomic E-state index is 13.4. The molecule has 0 radical (unpaired) electrons. The molecule has 8 heteroatoms. The SMILES string of the molecule is CS(=O)(=O)c1ccc(-c2ccsc2)c(C(=O)N2CCN(c3ccccc3C#N)CC2)c1. The number of para-hydroxylation sites is 1. The molecule has 0 unspecified atom stereocenters. The van der Waals surface area contributed by atoms with Crippen LogP contribution in [0.4, 0.5) is 5.69 Å². The van der Waals surface area contributed by atoms with E-state index in [9.17, 15) is 18.5 Å². The quantitative estimate of drug-likeness (QED) is 0.605. The lowest BCUT2D eigenvalue weighted by Crippen LogP contribution is -2.49. The number of rotatable bonds is 4. The van der Waals surface area contributed by atoms with Gasteiger partial charge in [-0.25, -0.2) is 8.42 Å². The Morgan fingerprint density at radius 1 is 1.06 bits per heavy atom. The lowest BCUT2D eigenvalue weighted by Gasteiger charge is -2.36. The molecule has 0 N–H and O–H groups in total. The number of hydrogen-bond donors (Lipinski definition) is 0. The summed E-state index contributed by atoms with van der Waals surface area (Å²) in [5.74, 6) is -0.181. The molecule has 1 aromatic heterocycles. The summed E-state index contributed by atoms with van der Waals surface area (Å²) in [7, 11) is -3.43. The van der Waals surface area contributed by atoms with E-state index in [-0.39, 0.29) is 10.8 Å². The average Bonchev–Trinajstić information content (AvgIpc) is 3.32. The molecule has 3 aromatic rings. The summed E-state index contributed by atoms with van der Waals surface area (Å²) in [4.78, 5) is 17.4. The minimum absolute atomic E-state index is 0.136. The monoisotopic (exact) mass is 451 g/mol. The van der Waals surface area contributed by atoms with Gasteiger partial charge in [0.25, 0.3) is 5.91 Å². The van der Waals surface area contributed by atoms with E-state index in [0.717, 1.165) is 23.1 Å². The Balaban J connectivity index is 1.61. The molecule has 158 valence electrons. The fraction of sp³-hybridized carbons (Fsp3) is 0.217. The number of amides is 1. The number of nitrogens with zero attached hydrogens (tertiary/aromatic N) is 3. The number of sulfone groups is 1. The molecule has 0 atom stereocenters.